The zero-order chi connectivity index (χ0) is 26.9. The van der Waals surface area contributed by atoms with Crippen molar-refractivity contribution in [3.8, 4) is 5.75 Å². The Labute approximate surface area is 233 Å². The molecule has 4 fully saturated rings. The zero-order valence-corrected chi connectivity index (χ0v) is 22.5. The fraction of sp³-hybridized carbons (Fsp3) is 0.414. The molecule has 4 aromatic rings. The first-order valence-electron chi connectivity index (χ1n) is 13.2. The third-order valence-corrected chi connectivity index (χ3v) is 9.31. The lowest BCUT2D eigenvalue weighted by atomic mass is 9.48. The van der Waals surface area contributed by atoms with E-state index in [9.17, 15) is 13.2 Å². The van der Waals surface area contributed by atoms with Crippen molar-refractivity contribution in [2.45, 2.75) is 57.1 Å². The fourth-order valence-electron chi connectivity index (χ4n) is 7.69. The first-order chi connectivity index (χ1) is 18.8. The first-order valence-corrected chi connectivity index (χ1v) is 14.0. The molecule has 202 valence electrons. The molecule has 8 rings (SSSR count). The maximum Gasteiger partial charge on any atom is 0.225 e. The van der Waals surface area contributed by atoms with Crippen molar-refractivity contribution in [3.63, 3.8) is 0 Å². The van der Waals surface area contributed by atoms with E-state index in [2.05, 4.69) is 27.1 Å². The number of hydrogen-bond donors (Lipinski definition) is 0. The second-order valence-corrected chi connectivity index (χ2v) is 12.2. The van der Waals surface area contributed by atoms with E-state index in [1.165, 1.54) is 19.3 Å². The summed E-state index contributed by atoms with van der Waals surface area (Å²) < 4.78 is 50.0. The molecule has 2 aromatic heterocycles. The molecule has 0 aliphatic heterocycles. The normalized spacial score (nSPS) is 25.5. The number of aromatic nitrogens is 4. The van der Waals surface area contributed by atoms with Crippen molar-refractivity contribution in [1.82, 2.24) is 19.5 Å². The lowest BCUT2D eigenvalue weighted by molar-refractivity contribution is -0.00649. The van der Waals surface area contributed by atoms with Crippen molar-refractivity contribution < 1.29 is 17.9 Å². The lowest BCUT2D eigenvalue weighted by Gasteiger charge is -2.57. The van der Waals surface area contributed by atoms with Crippen LogP contribution in [0.2, 0.25) is 10.4 Å². The van der Waals surface area contributed by atoms with E-state index in [0.29, 0.717) is 29.5 Å². The van der Waals surface area contributed by atoms with E-state index in [1.54, 1.807) is 6.33 Å². The molecule has 4 saturated carbocycles. The molecule has 0 spiro atoms. The Morgan fingerprint density at radius 3 is 2.31 bits per heavy atom. The molecule has 4 bridgehead atoms. The number of imidazole rings is 1. The molecule has 4 aliphatic rings. The Balaban J connectivity index is 1.26. The van der Waals surface area contributed by atoms with E-state index in [0.717, 1.165) is 54.2 Å². The Hall–Kier alpha value is -2.84. The van der Waals surface area contributed by atoms with Gasteiger partial charge in [0.2, 0.25) is 5.28 Å². The Morgan fingerprint density at radius 2 is 1.59 bits per heavy atom. The maximum atomic E-state index is 14.5. The van der Waals surface area contributed by atoms with Crippen LogP contribution in [0.15, 0.2) is 36.7 Å². The van der Waals surface area contributed by atoms with E-state index in [-0.39, 0.29) is 28.0 Å². The van der Waals surface area contributed by atoms with Crippen molar-refractivity contribution >= 4 is 34.4 Å². The number of hydrogen-bond acceptors (Lipinski definition) is 4. The zero-order valence-electron chi connectivity index (χ0n) is 20.9. The van der Waals surface area contributed by atoms with Gasteiger partial charge in [0.05, 0.1) is 12.9 Å². The number of halogens is 5. The minimum Gasteiger partial charge on any atom is -0.488 e. The van der Waals surface area contributed by atoms with Crippen molar-refractivity contribution in [2.75, 3.05) is 0 Å². The summed E-state index contributed by atoms with van der Waals surface area (Å²) in [5.74, 6) is -0.342. The summed E-state index contributed by atoms with van der Waals surface area (Å²) in [6.45, 7) is 0.204. The second-order valence-electron chi connectivity index (χ2n) is 11.5. The van der Waals surface area contributed by atoms with Gasteiger partial charge in [-0.15, -0.1) is 0 Å². The average Bonchev–Trinajstić information content (AvgIpc) is 3.27. The summed E-state index contributed by atoms with van der Waals surface area (Å²) in [6, 6.07) is 7.60. The Bertz CT molecular complexity index is 1570. The molecule has 0 atom stereocenters. The minimum absolute atomic E-state index is 0.0190. The van der Waals surface area contributed by atoms with Crippen LogP contribution in [0.4, 0.5) is 13.2 Å². The van der Waals surface area contributed by atoms with Crippen LogP contribution in [0, 0.1) is 35.2 Å². The van der Waals surface area contributed by atoms with Crippen LogP contribution in [0.3, 0.4) is 0 Å². The summed E-state index contributed by atoms with van der Waals surface area (Å²) in [5.41, 5.74) is 2.99. The number of ether oxygens (including phenoxy) is 1. The largest absolute Gasteiger partial charge is 0.488 e. The number of nitrogens with zero attached hydrogens (tertiary/aromatic N) is 4. The summed E-state index contributed by atoms with van der Waals surface area (Å²) in [4.78, 5) is 12.6. The lowest BCUT2D eigenvalue weighted by Crippen LogP contribution is -2.48. The Morgan fingerprint density at radius 1 is 0.897 bits per heavy atom. The topological polar surface area (TPSA) is 52.8 Å². The van der Waals surface area contributed by atoms with Gasteiger partial charge in [-0.1, -0.05) is 23.7 Å². The molecule has 0 N–H and O–H groups in total. The molecular weight excluding hydrogens is 548 g/mol. The highest BCUT2D eigenvalue weighted by atomic mass is 35.5. The fourth-order valence-corrected chi connectivity index (χ4v) is 8.11. The predicted octanol–water partition coefficient (Wildman–Crippen LogP) is 7.65. The maximum absolute atomic E-state index is 14.5. The molecule has 2 aromatic carbocycles. The molecule has 39 heavy (non-hydrogen) atoms. The van der Waals surface area contributed by atoms with Gasteiger partial charge >= 0.3 is 0 Å². The van der Waals surface area contributed by atoms with E-state index < -0.39 is 17.5 Å². The minimum atomic E-state index is -1.22. The number of benzene rings is 2. The van der Waals surface area contributed by atoms with Crippen LogP contribution in [0.25, 0.3) is 11.2 Å². The molecule has 10 heteroatoms. The highest BCUT2D eigenvalue weighted by Gasteiger charge is 2.52. The smallest absolute Gasteiger partial charge is 0.225 e. The van der Waals surface area contributed by atoms with Crippen molar-refractivity contribution in [2.24, 2.45) is 17.8 Å². The third-order valence-electron chi connectivity index (χ3n) is 8.88. The van der Waals surface area contributed by atoms with Crippen LogP contribution in [0.5, 0.6) is 5.75 Å². The standard InChI is InChI=1S/C29H25Cl2F3N4O/c30-26-25-27(37-28(31)36-26)38(14-35-25)12-15-1-2-20(29-9-16-3-17(10-29)5-18(4-16)11-29)24(6-15)39-13-19-7-22(33)23(34)8-21(19)32/h1-2,6-8,14,16-18H,3-5,9-13H2. The number of rotatable bonds is 6. The highest BCUT2D eigenvalue weighted by Crippen LogP contribution is 2.62. The van der Waals surface area contributed by atoms with Gasteiger partial charge in [0, 0.05) is 17.2 Å². The summed E-state index contributed by atoms with van der Waals surface area (Å²) in [5, 5.41) is 0.211. The van der Waals surface area contributed by atoms with Crippen LogP contribution >= 0.6 is 23.2 Å². The summed E-state index contributed by atoms with van der Waals surface area (Å²) in [7, 11) is 0. The highest BCUT2D eigenvalue weighted by molar-refractivity contribution is 6.35. The van der Waals surface area contributed by atoms with Gasteiger partial charge in [-0.3, -0.25) is 0 Å². The molecule has 4 aliphatic carbocycles. The van der Waals surface area contributed by atoms with Gasteiger partial charge in [-0.2, -0.15) is 4.98 Å². The van der Waals surface area contributed by atoms with Crippen LogP contribution in [0.1, 0.15) is 55.2 Å². The monoisotopic (exact) mass is 572 g/mol. The van der Waals surface area contributed by atoms with Crippen LogP contribution in [-0.2, 0) is 18.6 Å². The van der Waals surface area contributed by atoms with E-state index >= 15 is 0 Å². The van der Waals surface area contributed by atoms with Gasteiger partial charge in [0.1, 0.15) is 23.7 Å². The van der Waals surface area contributed by atoms with E-state index in [4.69, 9.17) is 27.9 Å². The quantitative estimate of drug-likeness (QED) is 0.135. The van der Waals surface area contributed by atoms with Gasteiger partial charge in [-0.25, -0.2) is 23.1 Å². The third kappa shape index (κ3) is 4.45. The van der Waals surface area contributed by atoms with Gasteiger partial charge < -0.3 is 9.30 Å². The van der Waals surface area contributed by atoms with E-state index in [1.807, 2.05) is 10.6 Å². The van der Waals surface area contributed by atoms with Crippen molar-refractivity contribution in [1.29, 1.82) is 0 Å². The summed E-state index contributed by atoms with van der Waals surface area (Å²) in [6.07, 6.45) is 8.89. The molecule has 0 radical (unpaired) electrons. The Kier molecular flexibility index (Phi) is 6.04. The molecule has 0 saturated heterocycles. The van der Waals surface area contributed by atoms with Gasteiger partial charge in [-0.05, 0) is 91.0 Å². The molecule has 0 unspecified atom stereocenters. The summed E-state index contributed by atoms with van der Waals surface area (Å²) >= 11 is 12.2. The molecule has 2 heterocycles. The van der Waals surface area contributed by atoms with Crippen LogP contribution < -0.4 is 4.74 Å². The molecular formula is C29H25Cl2F3N4O. The average molecular weight is 573 g/mol. The second kappa shape index (κ2) is 9.37. The molecule has 5 nitrogen and oxygen atoms in total. The predicted molar refractivity (Wildman–Crippen MR) is 141 cm³/mol. The number of fused-ring (bicyclic) bond motifs is 1. The van der Waals surface area contributed by atoms with Crippen LogP contribution in [-0.4, -0.2) is 19.5 Å². The van der Waals surface area contributed by atoms with Gasteiger partial charge in [0.15, 0.2) is 22.4 Å². The van der Waals surface area contributed by atoms with Gasteiger partial charge in [0.25, 0.3) is 0 Å². The SMILES string of the molecule is Fc1cc(F)c(COc2cc(Cn3cnc4c(Cl)nc(Cl)nc43)ccc2C23CC4CC(CC(C4)C2)C3)cc1F. The molecule has 0 amide bonds. The first kappa shape index (κ1) is 25.1. The van der Waals surface area contributed by atoms with Crippen molar-refractivity contribution in [3.05, 3.63) is 81.2 Å².